The maximum absolute atomic E-state index is 5.59. The molecule has 1 fully saturated rings. The number of nitrogens with one attached hydrogen (secondary N) is 1. The van der Waals surface area contributed by atoms with Gasteiger partial charge in [0.05, 0.1) is 6.42 Å². The van der Waals surface area contributed by atoms with Crippen LogP contribution in [-0.4, -0.2) is 16.2 Å². The summed E-state index contributed by atoms with van der Waals surface area (Å²) in [6, 6.07) is 5.21. The quantitative estimate of drug-likeness (QED) is 0.904. The summed E-state index contributed by atoms with van der Waals surface area (Å²) in [6.45, 7) is 0. The summed E-state index contributed by atoms with van der Waals surface area (Å²) < 4.78 is 5.59. The Bertz CT molecular complexity index is 460. The van der Waals surface area contributed by atoms with Gasteiger partial charge in [0.25, 0.3) is 0 Å². The lowest BCUT2D eigenvalue weighted by atomic mass is 10.3. The fraction of sp³-hybridized carbons (Fsp3) is 0.500. The maximum atomic E-state index is 5.59. The first kappa shape index (κ1) is 10.8. The van der Waals surface area contributed by atoms with Gasteiger partial charge in [-0.15, -0.1) is 16.4 Å². The van der Waals surface area contributed by atoms with Crippen LogP contribution < -0.4 is 5.32 Å². The van der Waals surface area contributed by atoms with Gasteiger partial charge in [0.1, 0.15) is 0 Å². The fourth-order valence-corrected chi connectivity index (χ4v) is 2.89. The van der Waals surface area contributed by atoms with Gasteiger partial charge in [-0.2, -0.15) is 0 Å². The van der Waals surface area contributed by atoms with Crippen molar-refractivity contribution in [2.45, 2.75) is 38.1 Å². The minimum absolute atomic E-state index is 0.519. The molecule has 1 aliphatic carbocycles. The highest BCUT2D eigenvalue weighted by Crippen LogP contribution is 2.22. The summed E-state index contributed by atoms with van der Waals surface area (Å²) >= 11 is 1.71. The van der Waals surface area contributed by atoms with Gasteiger partial charge in [-0.1, -0.05) is 24.0 Å². The molecule has 2 aromatic rings. The zero-order valence-corrected chi connectivity index (χ0v) is 10.4. The highest BCUT2D eigenvalue weighted by atomic mass is 32.1. The molecule has 0 atom stereocenters. The first-order valence-electron chi connectivity index (χ1n) is 6.01. The SMILES string of the molecule is c1csc(Cc2nnc(NC3CCCC3)o2)c1. The van der Waals surface area contributed by atoms with Crippen LogP contribution in [0.5, 0.6) is 0 Å². The Morgan fingerprint density at radius 3 is 3.00 bits per heavy atom. The van der Waals surface area contributed by atoms with Gasteiger partial charge in [-0.05, 0) is 24.3 Å². The first-order chi connectivity index (χ1) is 8.40. The Morgan fingerprint density at radius 1 is 1.35 bits per heavy atom. The summed E-state index contributed by atoms with van der Waals surface area (Å²) in [5.74, 6) is 0.688. The normalized spacial score (nSPS) is 16.5. The van der Waals surface area contributed by atoms with Crippen LogP contribution in [0.4, 0.5) is 6.01 Å². The van der Waals surface area contributed by atoms with Crippen LogP contribution >= 0.6 is 11.3 Å². The van der Waals surface area contributed by atoms with Crippen LogP contribution in [-0.2, 0) is 6.42 Å². The first-order valence-corrected chi connectivity index (χ1v) is 6.89. The topological polar surface area (TPSA) is 51.0 Å². The lowest BCUT2D eigenvalue weighted by Crippen LogP contribution is -2.14. The molecule has 3 rings (SSSR count). The third-order valence-corrected chi connectivity index (χ3v) is 3.93. The summed E-state index contributed by atoms with van der Waals surface area (Å²) in [5, 5.41) is 13.5. The predicted octanol–water partition coefficient (Wildman–Crippen LogP) is 3.08. The van der Waals surface area contributed by atoms with Crippen LogP contribution in [0.3, 0.4) is 0 Å². The predicted molar refractivity (Wildman–Crippen MR) is 67.3 cm³/mol. The molecule has 2 aromatic heterocycles. The standard InChI is InChI=1S/C12H15N3OS/c1-2-5-9(4-1)13-12-15-14-11(16-12)8-10-6-3-7-17-10/h3,6-7,9H,1-2,4-5,8H2,(H,13,15). The molecule has 1 saturated carbocycles. The van der Waals surface area contributed by atoms with E-state index < -0.39 is 0 Å². The van der Waals surface area contributed by atoms with Crippen molar-refractivity contribution in [1.82, 2.24) is 10.2 Å². The lowest BCUT2D eigenvalue weighted by molar-refractivity contribution is 0.510. The van der Waals surface area contributed by atoms with E-state index in [1.807, 2.05) is 6.07 Å². The Morgan fingerprint density at radius 2 is 2.24 bits per heavy atom. The van der Waals surface area contributed by atoms with E-state index in [1.165, 1.54) is 30.6 Å². The van der Waals surface area contributed by atoms with Gasteiger partial charge in [0.15, 0.2) is 0 Å². The maximum Gasteiger partial charge on any atom is 0.315 e. The summed E-state index contributed by atoms with van der Waals surface area (Å²) in [5.41, 5.74) is 0. The number of nitrogens with zero attached hydrogens (tertiary/aromatic N) is 2. The molecule has 0 spiro atoms. The van der Waals surface area contributed by atoms with Gasteiger partial charge in [-0.25, -0.2) is 0 Å². The van der Waals surface area contributed by atoms with Crippen LogP contribution in [0.25, 0.3) is 0 Å². The molecule has 0 unspecified atom stereocenters. The number of rotatable bonds is 4. The largest absolute Gasteiger partial charge is 0.408 e. The molecule has 90 valence electrons. The molecule has 0 amide bonds. The average Bonchev–Trinajstić information content (AvgIpc) is 3.02. The van der Waals surface area contributed by atoms with Gasteiger partial charge in [0, 0.05) is 10.9 Å². The minimum Gasteiger partial charge on any atom is -0.408 e. The van der Waals surface area contributed by atoms with Crippen molar-refractivity contribution in [3.05, 3.63) is 28.3 Å². The van der Waals surface area contributed by atoms with Crippen molar-refractivity contribution in [2.24, 2.45) is 0 Å². The van der Waals surface area contributed by atoms with Crippen molar-refractivity contribution in [1.29, 1.82) is 0 Å². The smallest absolute Gasteiger partial charge is 0.315 e. The van der Waals surface area contributed by atoms with E-state index >= 15 is 0 Å². The van der Waals surface area contributed by atoms with Crippen molar-refractivity contribution < 1.29 is 4.42 Å². The lowest BCUT2D eigenvalue weighted by Gasteiger charge is -2.07. The molecule has 0 radical (unpaired) electrons. The summed E-state index contributed by atoms with van der Waals surface area (Å²) in [4.78, 5) is 1.25. The zero-order valence-electron chi connectivity index (χ0n) is 9.56. The van der Waals surface area contributed by atoms with E-state index in [0.717, 1.165) is 6.42 Å². The molecular weight excluding hydrogens is 234 g/mol. The highest BCUT2D eigenvalue weighted by molar-refractivity contribution is 7.09. The molecule has 1 N–H and O–H groups in total. The average molecular weight is 249 g/mol. The molecular formula is C12H15N3OS. The Labute approximate surface area is 104 Å². The Hall–Kier alpha value is -1.36. The fourth-order valence-electron chi connectivity index (χ4n) is 2.19. The molecule has 4 nitrogen and oxygen atoms in total. The molecule has 5 heteroatoms. The van der Waals surface area contributed by atoms with Crippen molar-refractivity contribution in [3.8, 4) is 0 Å². The number of anilines is 1. The number of aromatic nitrogens is 2. The Kier molecular flexibility index (Phi) is 3.09. The van der Waals surface area contributed by atoms with Gasteiger partial charge in [-0.3, -0.25) is 0 Å². The van der Waals surface area contributed by atoms with Crippen molar-refractivity contribution in [3.63, 3.8) is 0 Å². The van der Waals surface area contributed by atoms with Crippen LogP contribution in [0.2, 0.25) is 0 Å². The minimum atomic E-state index is 0.519. The van der Waals surface area contributed by atoms with Gasteiger partial charge in [0.2, 0.25) is 5.89 Å². The molecule has 1 aliphatic rings. The summed E-state index contributed by atoms with van der Waals surface area (Å²) in [7, 11) is 0. The van der Waals surface area contributed by atoms with E-state index in [2.05, 4.69) is 27.0 Å². The van der Waals surface area contributed by atoms with Crippen molar-refractivity contribution >= 4 is 17.4 Å². The summed E-state index contributed by atoms with van der Waals surface area (Å²) in [6.07, 6.45) is 5.75. The van der Waals surface area contributed by atoms with Crippen molar-refractivity contribution in [2.75, 3.05) is 5.32 Å². The second-order valence-electron chi connectivity index (χ2n) is 4.38. The van der Waals surface area contributed by atoms with Gasteiger partial charge < -0.3 is 9.73 Å². The Balaban J connectivity index is 1.61. The van der Waals surface area contributed by atoms with Crippen LogP contribution in [0.1, 0.15) is 36.5 Å². The number of hydrogen-bond acceptors (Lipinski definition) is 5. The van der Waals surface area contributed by atoms with E-state index in [1.54, 1.807) is 11.3 Å². The number of thiophene rings is 1. The van der Waals surface area contributed by atoms with E-state index in [-0.39, 0.29) is 0 Å². The van der Waals surface area contributed by atoms with Gasteiger partial charge >= 0.3 is 6.01 Å². The second kappa shape index (κ2) is 4.87. The molecule has 2 heterocycles. The van der Waals surface area contributed by atoms with Crippen LogP contribution in [0.15, 0.2) is 21.9 Å². The second-order valence-corrected chi connectivity index (χ2v) is 5.42. The molecule has 0 aliphatic heterocycles. The third-order valence-electron chi connectivity index (χ3n) is 3.06. The van der Waals surface area contributed by atoms with Crippen LogP contribution in [0, 0.1) is 0 Å². The monoisotopic (exact) mass is 249 g/mol. The zero-order chi connectivity index (χ0) is 11.5. The van der Waals surface area contributed by atoms with E-state index in [4.69, 9.17) is 4.42 Å². The number of hydrogen-bond donors (Lipinski definition) is 1. The molecule has 0 bridgehead atoms. The molecule has 0 aromatic carbocycles. The molecule has 0 saturated heterocycles. The molecule has 17 heavy (non-hydrogen) atoms. The van der Waals surface area contributed by atoms with E-state index in [0.29, 0.717) is 17.9 Å². The highest BCUT2D eigenvalue weighted by Gasteiger charge is 2.17. The third kappa shape index (κ3) is 2.66. The van der Waals surface area contributed by atoms with E-state index in [9.17, 15) is 0 Å².